The van der Waals surface area contributed by atoms with Gasteiger partial charge in [-0.05, 0) is 43.4 Å². The van der Waals surface area contributed by atoms with Gasteiger partial charge in [0.1, 0.15) is 11.8 Å². The summed E-state index contributed by atoms with van der Waals surface area (Å²) in [6.07, 6.45) is 4.55. The zero-order valence-electron chi connectivity index (χ0n) is 11.8. The summed E-state index contributed by atoms with van der Waals surface area (Å²) in [4.78, 5) is 11.3. The fourth-order valence-electron chi connectivity index (χ4n) is 2.96. The van der Waals surface area contributed by atoms with Gasteiger partial charge in [0.05, 0.1) is 5.69 Å². The number of hydrogen-bond donors (Lipinski definition) is 0. The molecule has 0 radical (unpaired) electrons. The maximum absolute atomic E-state index is 9.22. The molecule has 4 heteroatoms. The summed E-state index contributed by atoms with van der Waals surface area (Å²) in [5.74, 6) is 1.21. The first-order chi connectivity index (χ1) is 10.3. The van der Waals surface area contributed by atoms with Crippen molar-refractivity contribution in [3.05, 3.63) is 47.3 Å². The average Bonchev–Trinajstić information content (AvgIpc) is 3.39. The Morgan fingerprint density at radius 3 is 2.86 bits per heavy atom. The Hall–Kier alpha value is -2.41. The molecule has 2 aromatic rings. The number of para-hydroxylation sites is 1. The largest absolute Gasteiger partial charge is 0.310 e. The smallest absolute Gasteiger partial charge is 0.231 e. The van der Waals surface area contributed by atoms with Crippen molar-refractivity contribution in [1.29, 1.82) is 5.26 Å². The fraction of sp³-hybridized carbons (Fsp3) is 0.353. The average molecular weight is 276 g/mol. The van der Waals surface area contributed by atoms with Crippen LogP contribution in [0.1, 0.15) is 42.1 Å². The highest BCUT2D eigenvalue weighted by molar-refractivity contribution is 5.63. The Morgan fingerprint density at radius 2 is 2.05 bits per heavy atom. The van der Waals surface area contributed by atoms with Gasteiger partial charge in [0.2, 0.25) is 5.95 Å². The number of benzene rings is 1. The lowest BCUT2D eigenvalue weighted by molar-refractivity contribution is 0.746. The number of rotatable bonds is 2. The highest BCUT2D eigenvalue weighted by Gasteiger charge is 2.28. The van der Waals surface area contributed by atoms with Crippen molar-refractivity contribution in [3.8, 4) is 6.07 Å². The molecule has 0 amide bonds. The predicted molar refractivity (Wildman–Crippen MR) is 80.5 cm³/mol. The molecule has 0 unspecified atom stereocenters. The molecule has 0 bridgehead atoms. The van der Waals surface area contributed by atoms with Crippen LogP contribution in [-0.4, -0.2) is 16.5 Å². The van der Waals surface area contributed by atoms with E-state index < -0.39 is 0 Å². The van der Waals surface area contributed by atoms with Crippen LogP contribution >= 0.6 is 0 Å². The lowest BCUT2D eigenvalue weighted by atomic mass is 10.0. The third-order valence-electron chi connectivity index (χ3n) is 4.20. The van der Waals surface area contributed by atoms with Crippen LogP contribution in [0.4, 0.5) is 11.6 Å². The van der Waals surface area contributed by atoms with Crippen molar-refractivity contribution < 1.29 is 0 Å². The zero-order chi connectivity index (χ0) is 14.2. The van der Waals surface area contributed by atoms with Crippen molar-refractivity contribution in [2.24, 2.45) is 0 Å². The molecule has 2 aliphatic rings. The molecule has 0 saturated heterocycles. The molecule has 0 spiro atoms. The van der Waals surface area contributed by atoms with Crippen molar-refractivity contribution >= 4 is 11.6 Å². The maximum Gasteiger partial charge on any atom is 0.231 e. The van der Waals surface area contributed by atoms with E-state index in [9.17, 15) is 5.26 Å². The molecule has 104 valence electrons. The SMILES string of the molecule is N#Cc1cc(C2CC2)nc(N2CCCc3ccccc32)n1. The minimum absolute atomic E-state index is 0.477. The summed E-state index contributed by atoms with van der Waals surface area (Å²) in [6.45, 7) is 0.913. The van der Waals surface area contributed by atoms with Crippen LogP contribution in [0.2, 0.25) is 0 Å². The Bertz CT molecular complexity index is 728. The second-order valence-corrected chi connectivity index (χ2v) is 5.75. The topological polar surface area (TPSA) is 52.8 Å². The van der Waals surface area contributed by atoms with Gasteiger partial charge in [0, 0.05) is 18.2 Å². The van der Waals surface area contributed by atoms with Crippen LogP contribution < -0.4 is 4.90 Å². The molecule has 21 heavy (non-hydrogen) atoms. The van der Waals surface area contributed by atoms with E-state index >= 15 is 0 Å². The minimum atomic E-state index is 0.477. The second-order valence-electron chi connectivity index (χ2n) is 5.75. The van der Waals surface area contributed by atoms with Gasteiger partial charge in [-0.25, -0.2) is 9.97 Å². The third-order valence-corrected chi connectivity index (χ3v) is 4.20. The van der Waals surface area contributed by atoms with Crippen LogP contribution in [0, 0.1) is 11.3 Å². The Labute approximate surface area is 124 Å². The van der Waals surface area contributed by atoms with E-state index in [1.807, 2.05) is 12.1 Å². The molecule has 1 aromatic heterocycles. The van der Waals surface area contributed by atoms with E-state index in [-0.39, 0.29) is 0 Å². The van der Waals surface area contributed by atoms with Crippen molar-refractivity contribution in [2.75, 3.05) is 11.4 Å². The van der Waals surface area contributed by atoms with Crippen LogP contribution in [0.25, 0.3) is 0 Å². The zero-order valence-corrected chi connectivity index (χ0v) is 11.8. The van der Waals surface area contributed by atoms with E-state index in [1.54, 1.807) is 0 Å². The summed E-state index contributed by atoms with van der Waals surface area (Å²) in [5.41, 5.74) is 4.02. The maximum atomic E-state index is 9.22. The molecule has 1 saturated carbocycles. The van der Waals surface area contributed by atoms with Gasteiger partial charge in [-0.3, -0.25) is 0 Å². The number of anilines is 2. The first-order valence-corrected chi connectivity index (χ1v) is 7.49. The van der Waals surface area contributed by atoms with Crippen LogP contribution in [-0.2, 0) is 6.42 Å². The fourth-order valence-corrected chi connectivity index (χ4v) is 2.96. The molecule has 0 atom stereocenters. The third kappa shape index (κ3) is 2.25. The molecule has 2 heterocycles. The lowest BCUT2D eigenvalue weighted by Gasteiger charge is -2.29. The Balaban J connectivity index is 1.80. The van der Waals surface area contributed by atoms with E-state index in [1.165, 1.54) is 24.1 Å². The molecular formula is C17H16N4. The first kappa shape index (κ1) is 12.3. The lowest BCUT2D eigenvalue weighted by Crippen LogP contribution is -2.26. The Morgan fingerprint density at radius 1 is 1.19 bits per heavy atom. The van der Waals surface area contributed by atoms with Gasteiger partial charge in [0.15, 0.2) is 0 Å². The summed E-state index contributed by atoms with van der Waals surface area (Å²) < 4.78 is 0. The second kappa shape index (κ2) is 4.85. The van der Waals surface area contributed by atoms with E-state index in [4.69, 9.17) is 4.98 Å². The molecule has 1 aliphatic heterocycles. The summed E-state index contributed by atoms with van der Waals surface area (Å²) >= 11 is 0. The van der Waals surface area contributed by atoms with Gasteiger partial charge >= 0.3 is 0 Å². The number of fused-ring (bicyclic) bond motifs is 1. The van der Waals surface area contributed by atoms with Gasteiger partial charge in [-0.2, -0.15) is 5.26 Å². The van der Waals surface area contributed by atoms with Crippen molar-refractivity contribution in [3.63, 3.8) is 0 Å². The Kier molecular flexibility index (Phi) is 2.85. The van der Waals surface area contributed by atoms with Gasteiger partial charge in [0.25, 0.3) is 0 Å². The van der Waals surface area contributed by atoms with Gasteiger partial charge < -0.3 is 4.90 Å². The number of hydrogen-bond acceptors (Lipinski definition) is 4. The molecule has 1 aromatic carbocycles. The molecule has 1 fully saturated rings. The van der Waals surface area contributed by atoms with Crippen molar-refractivity contribution in [1.82, 2.24) is 9.97 Å². The van der Waals surface area contributed by atoms with Crippen LogP contribution in [0.15, 0.2) is 30.3 Å². The number of aryl methyl sites for hydroxylation is 1. The van der Waals surface area contributed by atoms with Crippen LogP contribution in [0.5, 0.6) is 0 Å². The van der Waals surface area contributed by atoms with E-state index in [2.05, 4.69) is 34.2 Å². The predicted octanol–water partition coefficient (Wildman–Crippen LogP) is 3.31. The summed E-state index contributed by atoms with van der Waals surface area (Å²) in [5, 5.41) is 9.22. The molecule has 4 nitrogen and oxygen atoms in total. The number of nitrogens with zero attached hydrogens (tertiary/aromatic N) is 4. The molecule has 0 N–H and O–H groups in total. The van der Waals surface area contributed by atoms with Gasteiger partial charge in [-0.15, -0.1) is 0 Å². The highest BCUT2D eigenvalue weighted by Crippen LogP contribution is 2.40. The molecule has 1 aliphatic carbocycles. The quantitative estimate of drug-likeness (QED) is 0.844. The minimum Gasteiger partial charge on any atom is -0.310 e. The highest BCUT2D eigenvalue weighted by atomic mass is 15.3. The monoisotopic (exact) mass is 276 g/mol. The standard InChI is InChI=1S/C17H16N4/c18-11-14-10-15(12-7-8-12)20-17(19-14)21-9-3-5-13-4-1-2-6-16(13)21/h1-2,4,6,10,12H,3,5,7-9H2. The molecular weight excluding hydrogens is 260 g/mol. The summed E-state index contributed by atoms with van der Waals surface area (Å²) in [6, 6.07) is 12.4. The normalized spacial score (nSPS) is 17.2. The van der Waals surface area contributed by atoms with E-state index in [0.717, 1.165) is 25.1 Å². The number of nitriles is 1. The van der Waals surface area contributed by atoms with Crippen molar-refractivity contribution in [2.45, 2.75) is 31.6 Å². The number of aromatic nitrogens is 2. The molecule has 4 rings (SSSR count). The van der Waals surface area contributed by atoms with Crippen LogP contribution in [0.3, 0.4) is 0 Å². The van der Waals surface area contributed by atoms with Gasteiger partial charge in [-0.1, -0.05) is 18.2 Å². The van der Waals surface area contributed by atoms with E-state index in [0.29, 0.717) is 17.6 Å². The first-order valence-electron chi connectivity index (χ1n) is 7.49. The summed E-state index contributed by atoms with van der Waals surface area (Å²) in [7, 11) is 0.